The molecule has 1 fully saturated rings. The van der Waals surface area contributed by atoms with E-state index in [4.69, 9.17) is 0 Å². The summed E-state index contributed by atoms with van der Waals surface area (Å²) in [5, 5.41) is 0. The Morgan fingerprint density at radius 3 is 2.37 bits per heavy atom. The van der Waals surface area contributed by atoms with Crippen LogP contribution in [0.25, 0.3) is 5.57 Å². The van der Waals surface area contributed by atoms with Crippen molar-refractivity contribution in [2.75, 3.05) is 0 Å². The number of nitrogens with zero attached hydrogens (tertiary/aromatic N) is 1. The molecule has 3 aromatic carbocycles. The van der Waals surface area contributed by atoms with Crippen LogP contribution in [0.15, 0.2) is 90.5 Å². The molecule has 2 nitrogen and oxygen atoms in total. The largest absolute Gasteiger partial charge is 0.324 e. The lowest BCUT2D eigenvalue weighted by Gasteiger charge is -2.53. The lowest BCUT2D eigenvalue weighted by molar-refractivity contribution is -0.130. The molecule has 1 aliphatic carbocycles. The van der Waals surface area contributed by atoms with Gasteiger partial charge in [0.05, 0.1) is 5.54 Å². The summed E-state index contributed by atoms with van der Waals surface area (Å²) in [5.41, 5.74) is 7.24. The Morgan fingerprint density at radius 2 is 1.57 bits per heavy atom. The van der Waals surface area contributed by atoms with Crippen LogP contribution in [0.1, 0.15) is 47.4 Å². The van der Waals surface area contributed by atoms with Gasteiger partial charge in [0.1, 0.15) is 0 Å². The summed E-state index contributed by atoms with van der Waals surface area (Å²) < 4.78 is 0. The third kappa shape index (κ3) is 2.40. The van der Waals surface area contributed by atoms with E-state index in [1.54, 1.807) is 0 Å². The normalized spacial score (nSPS) is 24.6. The van der Waals surface area contributed by atoms with E-state index in [1.165, 1.54) is 22.3 Å². The minimum Gasteiger partial charge on any atom is -0.324 e. The highest BCUT2D eigenvalue weighted by Gasteiger charge is 2.59. The summed E-state index contributed by atoms with van der Waals surface area (Å²) in [4.78, 5) is 16.2. The van der Waals surface area contributed by atoms with Crippen molar-refractivity contribution in [3.8, 4) is 0 Å². The lowest BCUT2D eigenvalue weighted by Crippen LogP contribution is -2.57. The zero-order valence-electron chi connectivity index (χ0n) is 17.1. The molecular formula is C28H25NO. The van der Waals surface area contributed by atoms with Crippen LogP contribution in [0.3, 0.4) is 0 Å². The third-order valence-electron chi connectivity index (χ3n) is 7.40. The topological polar surface area (TPSA) is 20.3 Å². The zero-order valence-corrected chi connectivity index (χ0v) is 17.1. The minimum absolute atomic E-state index is 0.216. The molecule has 6 rings (SSSR count). The maximum Gasteiger partial charge on any atom is 0.255 e. The molecule has 148 valence electrons. The molecule has 0 N–H and O–H groups in total. The fraction of sp³-hybridized carbons (Fsp3) is 0.250. The van der Waals surface area contributed by atoms with Gasteiger partial charge in [0.2, 0.25) is 0 Å². The van der Waals surface area contributed by atoms with Crippen LogP contribution in [0.4, 0.5) is 0 Å². The maximum absolute atomic E-state index is 14.0. The first-order chi connectivity index (χ1) is 14.8. The van der Waals surface area contributed by atoms with E-state index in [2.05, 4.69) is 71.6 Å². The summed E-state index contributed by atoms with van der Waals surface area (Å²) in [6, 6.07) is 29.9. The van der Waals surface area contributed by atoms with Gasteiger partial charge in [0.25, 0.3) is 5.91 Å². The van der Waals surface area contributed by atoms with Crippen LogP contribution in [-0.2, 0) is 17.8 Å². The SMILES string of the molecule is O=C1C(c2ccccc2)=C2CCCC3c4ccccc4CN1C23Cc1ccccc1. The van der Waals surface area contributed by atoms with Crippen LogP contribution in [-0.4, -0.2) is 16.3 Å². The molecular weight excluding hydrogens is 366 g/mol. The first kappa shape index (κ1) is 17.7. The van der Waals surface area contributed by atoms with Crippen molar-refractivity contribution in [3.05, 3.63) is 113 Å². The van der Waals surface area contributed by atoms with Crippen LogP contribution in [0, 0.1) is 0 Å². The molecule has 30 heavy (non-hydrogen) atoms. The van der Waals surface area contributed by atoms with Gasteiger partial charge in [-0.15, -0.1) is 0 Å². The van der Waals surface area contributed by atoms with Gasteiger partial charge in [0, 0.05) is 24.5 Å². The van der Waals surface area contributed by atoms with E-state index in [-0.39, 0.29) is 11.4 Å². The molecule has 0 aromatic heterocycles. The van der Waals surface area contributed by atoms with Gasteiger partial charge in [-0.2, -0.15) is 0 Å². The fourth-order valence-electron chi connectivity index (χ4n) is 6.24. The monoisotopic (exact) mass is 391 g/mol. The summed E-state index contributed by atoms with van der Waals surface area (Å²) in [6.07, 6.45) is 4.18. The molecule has 1 saturated carbocycles. The summed E-state index contributed by atoms with van der Waals surface area (Å²) in [6.45, 7) is 0.707. The number of fused-ring (bicyclic) bond motifs is 2. The molecule has 2 heterocycles. The fourth-order valence-corrected chi connectivity index (χ4v) is 6.24. The van der Waals surface area contributed by atoms with Gasteiger partial charge in [-0.25, -0.2) is 0 Å². The molecule has 3 aliphatic rings. The van der Waals surface area contributed by atoms with E-state index in [0.717, 1.165) is 36.8 Å². The Hall–Kier alpha value is -3.13. The van der Waals surface area contributed by atoms with Crippen LogP contribution < -0.4 is 0 Å². The molecule has 2 unspecified atom stereocenters. The number of hydrogen-bond donors (Lipinski definition) is 0. The molecule has 0 spiro atoms. The van der Waals surface area contributed by atoms with Crippen molar-refractivity contribution < 1.29 is 4.79 Å². The second kappa shape index (κ2) is 6.70. The van der Waals surface area contributed by atoms with Gasteiger partial charge in [-0.05, 0) is 47.1 Å². The van der Waals surface area contributed by atoms with Crippen LogP contribution in [0.5, 0.6) is 0 Å². The highest BCUT2D eigenvalue weighted by molar-refractivity contribution is 6.24. The molecule has 3 aromatic rings. The van der Waals surface area contributed by atoms with Crippen molar-refractivity contribution in [1.82, 2.24) is 4.90 Å². The van der Waals surface area contributed by atoms with Crippen LogP contribution >= 0.6 is 0 Å². The van der Waals surface area contributed by atoms with E-state index in [0.29, 0.717) is 12.5 Å². The molecule has 2 atom stereocenters. The number of carbonyl (C=O) groups is 1. The highest BCUT2D eigenvalue weighted by atomic mass is 16.2. The first-order valence-corrected chi connectivity index (χ1v) is 11.0. The predicted octanol–water partition coefficient (Wildman–Crippen LogP) is 5.75. The average Bonchev–Trinajstić information content (AvgIpc) is 3.03. The van der Waals surface area contributed by atoms with Gasteiger partial charge in [-0.1, -0.05) is 84.9 Å². The maximum atomic E-state index is 14.0. The van der Waals surface area contributed by atoms with Crippen molar-refractivity contribution in [2.45, 2.75) is 43.7 Å². The smallest absolute Gasteiger partial charge is 0.255 e. The molecule has 2 aliphatic heterocycles. The number of carbonyl (C=O) groups excluding carboxylic acids is 1. The van der Waals surface area contributed by atoms with Crippen molar-refractivity contribution in [3.63, 3.8) is 0 Å². The quantitative estimate of drug-likeness (QED) is 0.557. The number of benzene rings is 3. The Labute approximate surface area is 177 Å². The van der Waals surface area contributed by atoms with E-state index in [9.17, 15) is 4.79 Å². The molecule has 2 heteroatoms. The summed E-state index contributed by atoms with van der Waals surface area (Å²) in [5.74, 6) is 0.574. The minimum atomic E-state index is -0.240. The predicted molar refractivity (Wildman–Crippen MR) is 120 cm³/mol. The number of rotatable bonds is 3. The molecule has 0 bridgehead atoms. The zero-order chi connectivity index (χ0) is 20.1. The Morgan fingerprint density at radius 1 is 0.867 bits per heavy atom. The van der Waals surface area contributed by atoms with E-state index in [1.807, 2.05) is 18.2 Å². The first-order valence-electron chi connectivity index (χ1n) is 11.0. The Balaban J connectivity index is 1.61. The lowest BCUT2D eigenvalue weighted by atomic mass is 9.61. The summed E-state index contributed by atoms with van der Waals surface area (Å²) >= 11 is 0. The molecule has 0 saturated heterocycles. The number of amides is 1. The van der Waals surface area contributed by atoms with Crippen molar-refractivity contribution in [2.24, 2.45) is 0 Å². The van der Waals surface area contributed by atoms with E-state index >= 15 is 0 Å². The van der Waals surface area contributed by atoms with Gasteiger partial charge in [-0.3, -0.25) is 4.79 Å². The second-order valence-corrected chi connectivity index (χ2v) is 8.84. The van der Waals surface area contributed by atoms with Gasteiger partial charge >= 0.3 is 0 Å². The Bertz CT molecular complexity index is 1150. The summed E-state index contributed by atoms with van der Waals surface area (Å²) in [7, 11) is 0. The molecule has 1 amide bonds. The van der Waals surface area contributed by atoms with Gasteiger partial charge < -0.3 is 4.90 Å². The van der Waals surface area contributed by atoms with Crippen molar-refractivity contribution >= 4 is 11.5 Å². The molecule has 0 radical (unpaired) electrons. The third-order valence-corrected chi connectivity index (χ3v) is 7.40. The average molecular weight is 392 g/mol. The highest BCUT2D eigenvalue weighted by Crippen LogP contribution is 2.59. The van der Waals surface area contributed by atoms with E-state index < -0.39 is 0 Å². The standard InChI is InChI=1S/C28H25NO/c30-27-26(21-12-5-2-6-13-21)25-17-9-16-24-23-15-8-7-14-22(23)19-29(27)28(24,25)18-20-10-3-1-4-11-20/h1-8,10-15,24H,9,16-19H2. The second-order valence-electron chi connectivity index (χ2n) is 8.84. The Kier molecular flexibility index (Phi) is 3.95. The van der Waals surface area contributed by atoms with Gasteiger partial charge in [0.15, 0.2) is 0 Å². The number of hydrogen-bond acceptors (Lipinski definition) is 1. The van der Waals surface area contributed by atoms with Crippen molar-refractivity contribution in [1.29, 1.82) is 0 Å². The van der Waals surface area contributed by atoms with Crippen LogP contribution in [0.2, 0.25) is 0 Å².